The van der Waals surface area contributed by atoms with Crippen LogP contribution in [0.1, 0.15) is 29.1 Å². The van der Waals surface area contributed by atoms with Gasteiger partial charge in [-0.1, -0.05) is 29.3 Å². The SMILES string of the molecule is O=C(NC1CC(CCN2CCN(c3cccc(Cl)c3Cl)CC2)C1)c1nccs1. The largest absolute Gasteiger partial charge is 0.368 e. The molecule has 1 aromatic carbocycles. The van der Waals surface area contributed by atoms with Gasteiger partial charge in [-0.3, -0.25) is 9.69 Å². The van der Waals surface area contributed by atoms with Gasteiger partial charge in [-0.2, -0.15) is 0 Å². The number of thiazole rings is 1. The van der Waals surface area contributed by atoms with E-state index in [-0.39, 0.29) is 5.91 Å². The molecular weight excluding hydrogens is 415 g/mol. The second kappa shape index (κ2) is 8.99. The van der Waals surface area contributed by atoms with Crippen LogP contribution in [0, 0.1) is 5.92 Å². The third-order valence-corrected chi connectivity index (χ3v) is 7.28. The molecular formula is C20H24Cl2N4OS. The Bertz CT molecular complexity index is 803. The lowest BCUT2D eigenvalue weighted by Crippen LogP contribution is -2.48. The summed E-state index contributed by atoms with van der Waals surface area (Å²) in [5, 5.41) is 6.74. The van der Waals surface area contributed by atoms with Gasteiger partial charge in [0.05, 0.1) is 15.7 Å². The molecule has 0 atom stereocenters. The smallest absolute Gasteiger partial charge is 0.280 e. The Morgan fingerprint density at radius 3 is 2.71 bits per heavy atom. The number of carbonyl (C=O) groups is 1. The van der Waals surface area contributed by atoms with Gasteiger partial charge < -0.3 is 10.2 Å². The summed E-state index contributed by atoms with van der Waals surface area (Å²) < 4.78 is 0. The number of benzene rings is 1. The Labute approximate surface area is 179 Å². The van der Waals surface area contributed by atoms with Crippen molar-refractivity contribution in [3.05, 3.63) is 44.8 Å². The number of halogens is 2. The van der Waals surface area contributed by atoms with Crippen LogP contribution in [0.5, 0.6) is 0 Å². The second-order valence-electron chi connectivity index (χ2n) is 7.54. The van der Waals surface area contributed by atoms with Crippen molar-refractivity contribution in [2.24, 2.45) is 5.92 Å². The predicted octanol–water partition coefficient (Wildman–Crippen LogP) is 4.17. The first-order valence-electron chi connectivity index (χ1n) is 9.72. The Hall–Kier alpha value is -1.34. The van der Waals surface area contributed by atoms with Gasteiger partial charge >= 0.3 is 0 Å². The molecule has 1 aliphatic carbocycles. The third-order valence-electron chi connectivity index (χ3n) is 5.70. The summed E-state index contributed by atoms with van der Waals surface area (Å²) in [6, 6.07) is 6.13. The van der Waals surface area contributed by atoms with Gasteiger partial charge in [0.15, 0.2) is 5.01 Å². The molecule has 5 nitrogen and oxygen atoms in total. The molecule has 0 radical (unpaired) electrons. The van der Waals surface area contributed by atoms with Crippen molar-refractivity contribution in [3.8, 4) is 0 Å². The van der Waals surface area contributed by atoms with E-state index in [2.05, 4.69) is 20.1 Å². The maximum absolute atomic E-state index is 12.0. The number of aromatic nitrogens is 1. The first kappa shape index (κ1) is 20.0. The molecule has 2 fully saturated rings. The highest BCUT2D eigenvalue weighted by molar-refractivity contribution is 7.11. The second-order valence-corrected chi connectivity index (χ2v) is 9.22. The van der Waals surface area contributed by atoms with Crippen LogP contribution in [0.2, 0.25) is 10.0 Å². The van der Waals surface area contributed by atoms with Gasteiger partial charge in [0.2, 0.25) is 0 Å². The number of nitrogens with one attached hydrogen (secondary N) is 1. The summed E-state index contributed by atoms with van der Waals surface area (Å²) >= 11 is 13.9. The lowest BCUT2D eigenvalue weighted by Gasteiger charge is -2.39. The fourth-order valence-corrected chi connectivity index (χ4v) is 4.94. The average molecular weight is 439 g/mol. The fourth-order valence-electron chi connectivity index (χ4n) is 3.99. The van der Waals surface area contributed by atoms with Gasteiger partial charge in [0.25, 0.3) is 5.91 Å². The highest BCUT2D eigenvalue weighted by Crippen LogP contribution is 2.33. The Kier molecular flexibility index (Phi) is 6.41. The summed E-state index contributed by atoms with van der Waals surface area (Å²) in [6.45, 7) is 5.14. The molecule has 0 bridgehead atoms. The number of piperazine rings is 1. The molecule has 0 unspecified atom stereocenters. The lowest BCUT2D eigenvalue weighted by atomic mass is 9.78. The van der Waals surface area contributed by atoms with Crippen molar-refractivity contribution >= 4 is 46.1 Å². The number of nitrogens with zero attached hydrogens (tertiary/aromatic N) is 3. The van der Waals surface area contributed by atoms with E-state index in [9.17, 15) is 4.79 Å². The van der Waals surface area contributed by atoms with Gasteiger partial charge in [-0.05, 0) is 43.9 Å². The van der Waals surface area contributed by atoms with E-state index in [1.165, 1.54) is 17.8 Å². The van der Waals surface area contributed by atoms with Gasteiger partial charge in [0, 0.05) is 43.8 Å². The number of anilines is 1. The van der Waals surface area contributed by atoms with Crippen molar-refractivity contribution in [2.45, 2.75) is 25.3 Å². The van der Waals surface area contributed by atoms with Crippen molar-refractivity contribution < 1.29 is 4.79 Å². The highest BCUT2D eigenvalue weighted by atomic mass is 35.5. The number of hydrogen-bond donors (Lipinski definition) is 1. The van der Waals surface area contributed by atoms with E-state index in [0.717, 1.165) is 51.3 Å². The highest BCUT2D eigenvalue weighted by Gasteiger charge is 2.31. The normalized spacial score (nSPS) is 22.7. The first-order chi connectivity index (χ1) is 13.6. The molecule has 1 amide bonds. The number of amides is 1. The van der Waals surface area contributed by atoms with E-state index in [1.54, 1.807) is 6.20 Å². The Balaban J connectivity index is 1.15. The van der Waals surface area contributed by atoms with Crippen LogP contribution in [0.3, 0.4) is 0 Å². The standard InChI is InChI=1S/C20H24Cl2N4OS/c21-16-2-1-3-17(18(16)22)26-9-7-25(8-10-26)6-4-14-12-15(13-14)24-19(27)20-23-5-11-28-20/h1-3,5,11,14-15H,4,6-10,12-13H2,(H,24,27). The van der Waals surface area contributed by atoms with E-state index >= 15 is 0 Å². The quantitative estimate of drug-likeness (QED) is 0.734. The summed E-state index contributed by atoms with van der Waals surface area (Å²) in [6.07, 6.45) is 5.02. The van der Waals surface area contributed by atoms with Crippen molar-refractivity contribution in [1.29, 1.82) is 0 Å². The van der Waals surface area contributed by atoms with Crippen molar-refractivity contribution in [3.63, 3.8) is 0 Å². The average Bonchev–Trinajstić information content (AvgIpc) is 3.21. The number of hydrogen-bond acceptors (Lipinski definition) is 5. The molecule has 1 saturated carbocycles. The van der Waals surface area contributed by atoms with Gasteiger partial charge in [0.1, 0.15) is 0 Å². The summed E-state index contributed by atoms with van der Waals surface area (Å²) in [7, 11) is 0. The monoisotopic (exact) mass is 438 g/mol. The summed E-state index contributed by atoms with van der Waals surface area (Å²) in [5.41, 5.74) is 1.03. The third kappa shape index (κ3) is 4.62. The molecule has 2 heterocycles. The van der Waals surface area contributed by atoms with Crippen molar-refractivity contribution in [2.75, 3.05) is 37.6 Å². The van der Waals surface area contributed by atoms with Crippen LogP contribution in [0.25, 0.3) is 0 Å². The number of rotatable bonds is 6. The zero-order chi connectivity index (χ0) is 19.5. The maximum Gasteiger partial charge on any atom is 0.280 e. The molecule has 1 N–H and O–H groups in total. The van der Waals surface area contributed by atoms with Crippen LogP contribution >= 0.6 is 34.5 Å². The van der Waals surface area contributed by atoms with Crippen LogP contribution < -0.4 is 10.2 Å². The minimum absolute atomic E-state index is 0.0331. The zero-order valence-corrected chi connectivity index (χ0v) is 17.9. The summed E-state index contributed by atoms with van der Waals surface area (Å²) in [5.74, 6) is 0.677. The van der Waals surface area contributed by atoms with Crippen LogP contribution in [0.15, 0.2) is 29.8 Å². The van der Waals surface area contributed by atoms with E-state index in [4.69, 9.17) is 23.2 Å². The first-order valence-corrected chi connectivity index (χ1v) is 11.4. The molecule has 2 aliphatic rings. The van der Waals surface area contributed by atoms with Gasteiger partial charge in [-0.15, -0.1) is 11.3 Å². The predicted molar refractivity (Wildman–Crippen MR) is 116 cm³/mol. The molecule has 1 aromatic heterocycles. The number of carbonyl (C=O) groups excluding carboxylic acids is 1. The van der Waals surface area contributed by atoms with Crippen LogP contribution in [0.4, 0.5) is 5.69 Å². The Morgan fingerprint density at radius 2 is 2.00 bits per heavy atom. The minimum atomic E-state index is -0.0331. The van der Waals surface area contributed by atoms with Crippen LogP contribution in [-0.4, -0.2) is 54.6 Å². The topological polar surface area (TPSA) is 48.5 Å². The van der Waals surface area contributed by atoms with Gasteiger partial charge in [-0.25, -0.2) is 4.98 Å². The molecule has 150 valence electrons. The Morgan fingerprint density at radius 1 is 1.21 bits per heavy atom. The fraction of sp³-hybridized carbons (Fsp3) is 0.500. The molecule has 2 aromatic rings. The summed E-state index contributed by atoms with van der Waals surface area (Å²) in [4.78, 5) is 20.9. The molecule has 8 heteroatoms. The minimum Gasteiger partial charge on any atom is -0.368 e. The zero-order valence-electron chi connectivity index (χ0n) is 15.6. The van der Waals surface area contributed by atoms with Crippen molar-refractivity contribution in [1.82, 2.24) is 15.2 Å². The lowest BCUT2D eigenvalue weighted by molar-refractivity contribution is 0.0877. The molecule has 28 heavy (non-hydrogen) atoms. The van der Waals surface area contributed by atoms with E-state index in [0.29, 0.717) is 27.0 Å². The molecule has 4 rings (SSSR count). The van der Waals surface area contributed by atoms with Crippen LogP contribution in [-0.2, 0) is 0 Å². The molecule has 0 spiro atoms. The molecule has 1 aliphatic heterocycles. The maximum atomic E-state index is 12.0. The van der Waals surface area contributed by atoms with E-state index in [1.807, 2.05) is 23.6 Å². The molecule has 1 saturated heterocycles. The van der Waals surface area contributed by atoms with E-state index < -0.39 is 0 Å².